The third-order valence-corrected chi connectivity index (χ3v) is 1.99. The van der Waals surface area contributed by atoms with E-state index < -0.39 is 0 Å². The van der Waals surface area contributed by atoms with E-state index in [-0.39, 0.29) is 18.5 Å². The van der Waals surface area contributed by atoms with E-state index in [9.17, 15) is 4.79 Å². The second-order valence-electron chi connectivity index (χ2n) is 2.71. The molecule has 1 amide bonds. The molecule has 68 valence electrons. The summed E-state index contributed by atoms with van der Waals surface area (Å²) >= 11 is 1.48. The zero-order valence-corrected chi connectivity index (χ0v) is 8.52. The van der Waals surface area contributed by atoms with Crippen LogP contribution in [0.15, 0.2) is 0 Å². The molecule has 0 unspecified atom stereocenters. The topological polar surface area (TPSA) is 44.1 Å². The van der Waals surface area contributed by atoms with E-state index in [1.165, 1.54) is 11.8 Å². The molecule has 0 N–H and O–H groups in total. The maximum absolute atomic E-state index is 11.3. The first-order chi connectivity index (χ1) is 5.63. The molecule has 12 heavy (non-hydrogen) atoms. The minimum atomic E-state index is 0.0408. The van der Waals surface area contributed by atoms with Gasteiger partial charge in [0.25, 0.3) is 0 Å². The zero-order chi connectivity index (χ0) is 9.56. The van der Waals surface area contributed by atoms with Crippen LogP contribution in [0.2, 0.25) is 0 Å². The predicted molar refractivity (Wildman–Crippen MR) is 50.8 cm³/mol. The van der Waals surface area contributed by atoms with Gasteiger partial charge in [0.1, 0.15) is 6.54 Å². The average Bonchev–Trinajstić information content (AvgIpc) is 1.99. The Balaban J connectivity index is 4.11. The number of hydrogen-bond donors (Lipinski definition) is 0. The fourth-order valence-corrected chi connectivity index (χ4v) is 1.25. The molecule has 4 heteroatoms. The van der Waals surface area contributed by atoms with Gasteiger partial charge in [0.05, 0.1) is 11.8 Å². The molecular formula is C8H14N2OS. The highest BCUT2D eigenvalue weighted by Crippen LogP contribution is 2.02. The largest absolute Gasteiger partial charge is 0.326 e. The minimum absolute atomic E-state index is 0.0408. The summed E-state index contributed by atoms with van der Waals surface area (Å²) in [5, 5.41) is 8.45. The van der Waals surface area contributed by atoms with Crippen LogP contribution in [0.3, 0.4) is 0 Å². The van der Waals surface area contributed by atoms with Gasteiger partial charge in [-0.15, -0.1) is 0 Å². The fourth-order valence-electron chi connectivity index (χ4n) is 0.841. The van der Waals surface area contributed by atoms with Crippen molar-refractivity contribution in [1.82, 2.24) is 4.90 Å². The Morgan fingerprint density at radius 1 is 1.67 bits per heavy atom. The SMILES string of the molecule is CSCC(=O)N(CC#N)C(C)C. The van der Waals surface area contributed by atoms with Gasteiger partial charge in [-0.05, 0) is 20.1 Å². The highest BCUT2D eigenvalue weighted by Gasteiger charge is 2.14. The molecule has 0 aliphatic rings. The van der Waals surface area contributed by atoms with Crippen molar-refractivity contribution in [3.63, 3.8) is 0 Å². The van der Waals surface area contributed by atoms with E-state index in [1.807, 2.05) is 26.2 Å². The van der Waals surface area contributed by atoms with Crippen LogP contribution in [0.25, 0.3) is 0 Å². The summed E-state index contributed by atoms with van der Waals surface area (Å²) in [6.07, 6.45) is 1.88. The number of amides is 1. The Labute approximate surface area is 77.7 Å². The Morgan fingerprint density at radius 2 is 2.25 bits per heavy atom. The summed E-state index contributed by atoms with van der Waals surface area (Å²) in [4.78, 5) is 12.9. The molecule has 0 radical (unpaired) electrons. The number of hydrogen-bond acceptors (Lipinski definition) is 3. The lowest BCUT2D eigenvalue weighted by atomic mass is 10.3. The molecule has 0 saturated heterocycles. The van der Waals surface area contributed by atoms with Gasteiger partial charge in [0.2, 0.25) is 5.91 Å². The van der Waals surface area contributed by atoms with Crippen molar-refractivity contribution in [1.29, 1.82) is 5.26 Å². The van der Waals surface area contributed by atoms with Crippen LogP contribution < -0.4 is 0 Å². The molecule has 0 spiro atoms. The summed E-state index contributed by atoms with van der Waals surface area (Å²) in [7, 11) is 0. The van der Waals surface area contributed by atoms with Crippen molar-refractivity contribution in [2.45, 2.75) is 19.9 Å². The molecule has 3 nitrogen and oxygen atoms in total. The van der Waals surface area contributed by atoms with Gasteiger partial charge >= 0.3 is 0 Å². The third-order valence-electron chi connectivity index (χ3n) is 1.45. The quantitative estimate of drug-likeness (QED) is 0.618. The summed E-state index contributed by atoms with van der Waals surface area (Å²) in [6, 6.07) is 2.10. The molecule has 0 saturated carbocycles. The zero-order valence-electron chi connectivity index (χ0n) is 7.70. The number of nitrogens with zero attached hydrogens (tertiary/aromatic N) is 2. The van der Waals surface area contributed by atoms with E-state index in [0.717, 1.165) is 0 Å². The predicted octanol–water partition coefficient (Wildman–Crippen LogP) is 1.11. The molecule has 0 aromatic rings. The molecule has 0 aromatic carbocycles. The molecule has 0 rings (SSSR count). The van der Waals surface area contributed by atoms with Gasteiger partial charge in [-0.25, -0.2) is 0 Å². The lowest BCUT2D eigenvalue weighted by molar-refractivity contribution is -0.129. The van der Waals surface area contributed by atoms with Crippen LogP contribution in [0.1, 0.15) is 13.8 Å². The van der Waals surface area contributed by atoms with E-state index >= 15 is 0 Å². The van der Waals surface area contributed by atoms with Crippen molar-refractivity contribution < 1.29 is 4.79 Å². The highest BCUT2D eigenvalue weighted by molar-refractivity contribution is 7.99. The fraction of sp³-hybridized carbons (Fsp3) is 0.750. The Bertz CT molecular complexity index is 186. The van der Waals surface area contributed by atoms with Crippen molar-refractivity contribution >= 4 is 17.7 Å². The van der Waals surface area contributed by atoms with Crippen LogP contribution in [0, 0.1) is 11.3 Å². The van der Waals surface area contributed by atoms with E-state index in [2.05, 4.69) is 0 Å². The van der Waals surface area contributed by atoms with Crippen molar-refractivity contribution in [3.05, 3.63) is 0 Å². The Hall–Kier alpha value is -0.690. The number of carbonyl (C=O) groups excluding carboxylic acids is 1. The van der Waals surface area contributed by atoms with E-state index in [0.29, 0.717) is 5.75 Å². The van der Waals surface area contributed by atoms with Crippen molar-refractivity contribution in [2.75, 3.05) is 18.6 Å². The van der Waals surface area contributed by atoms with Gasteiger partial charge in [0, 0.05) is 6.04 Å². The van der Waals surface area contributed by atoms with Crippen LogP contribution in [-0.2, 0) is 4.79 Å². The summed E-state index contributed by atoms with van der Waals surface area (Å²) in [5.74, 6) is 0.499. The number of thioether (sulfide) groups is 1. The smallest absolute Gasteiger partial charge is 0.233 e. The maximum Gasteiger partial charge on any atom is 0.233 e. The maximum atomic E-state index is 11.3. The van der Waals surface area contributed by atoms with Gasteiger partial charge in [0.15, 0.2) is 0 Å². The first-order valence-electron chi connectivity index (χ1n) is 3.78. The molecule has 0 bridgehead atoms. The minimum Gasteiger partial charge on any atom is -0.326 e. The molecular weight excluding hydrogens is 172 g/mol. The van der Waals surface area contributed by atoms with Gasteiger partial charge < -0.3 is 4.90 Å². The van der Waals surface area contributed by atoms with Gasteiger partial charge in [-0.3, -0.25) is 4.79 Å². The monoisotopic (exact) mass is 186 g/mol. The Morgan fingerprint density at radius 3 is 2.58 bits per heavy atom. The van der Waals surface area contributed by atoms with E-state index in [4.69, 9.17) is 5.26 Å². The molecule has 0 atom stereocenters. The number of rotatable bonds is 4. The summed E-state index contributed by atoms with van der Waals surface area (Å²) in [6.45, 7) is 4.02. The standard InChI is InChI=1S/C8H14N2OS/c1-7(2)10(5-4-9)8(11)6-12-3/h7H,5-6H2,1-3H3. The lowest BCUT2D eigenvalue weighted by Crippen LogP contribution is -2.38. The normalized spacial score (nSPS) is 9.58. The lowest BCUT2D eigenvalue weighted by Gasteiger charge is -2.23. The Kier molecular flexibility index (Phi) is 5.56. The number of nitriles is 1. The van der Waals surface area contributed by atoms with Crippen molar-refractivity contribution in [2.24, 2.45) is 0 Å². The average molecular weight is 186 g/mol. The molecule has 0 aromatic heterocycles. The molecule has 0 heterocycles. The number of carbonyl (C=O) groups is 1. The van der Waals surface area contributed by atoms with Gasteiger partial charge in [-0.2, -0.15) is 17.0 Å². The summed E-state index contributed by atoms with van der Waals surface area (Å²) < 4.78 is 0. The summed E-state index contributed by atoms with van der Waals surface area (Å²) in [5.41, 5.74) is 0. The van der Waals surface area contributed by atoms with Crippen LogP contribution >= 0.6 is 11.8 Å². The van der Waals surface area contributed by atoms with Crippen LogP contribution in [-0.4, -0.2) is 35.4 Å². The van der Waals surface area contributed by atoms with E-state index in [1.54, 1.807) is 4.90 Å². The first-order valence-corrected chi connectivity index (χ1v) is 5.18. The first kappa shape index (κ1) is 11.3. The second-order valence-corrected chi connectivity index (χ2v) is 3.57. The molecule has 0 aliphatic heterocycles. The van der Waals surface area contributed by atoms with Gasteiger partial charge in [-0.1, -0.05) is 0 Å². The molecule has 0 aliphatic carbocycles. The second kappa shape index (κ2) is 5.90. The van der Waals surface area contributed by atoms with Crippen LogP contribution in [0.5, 0.6) is 0 Å². The van der Waals surface area contributed by atoms with Crippen LogP contribution in [0.4, 0.5) is 0 Å². The molecule has 0 fully saturated rings. The third kappa shape index (κ3) is 3.63. The highest BCUT2D eigenvalue weighted by atomic mass is 32.2. The van der Waals surface area contributed by atoms with Crippen molar-refractivity contribution in [3.8, 4) is 6.07 Å².